The Labute approximate surface area is 64.6 Å². The minimum atomic E-state index is 0.946. The van der Waals surface area contributed by atoms with Crippen LogP contribution in [0.5, 0.6) is 0 Å². The maximum absolute atomic E-state index is 4.10. The zero-order valence-corrected chi connectivity index (χ0v) is 5.86. The van der Waals surface area contributed by atoms with E-state index in [-0.39, 0.29) is 0 Å². The molecule has 0 N–H and O–H groups in total. The van der Waals surface area contributed by atoms with Crippen LogP contribution in [0.2, 0.25) is 0 Å². The Hall–Kier alpha value is -1.66. The predicted octanol–water partition coefficient (Wildman–Crippen LogP) is 2.04. The third kappa shape index (κ3) is 1.11. The van der Waals surface area contributed by atoms with Gasteiger partial charge in [0.1, 0.15) is 6.34 Å². The van der Waals surface area contributed by atoms with Crippen molar-refractivity contribution < 1.29 is 0 Å². The minimum absolute atomic E-state index is 0.946. The van der Waals surface area contributed by atoms with E-state index in [1.165, 1.54) is 6.34 Å². The average Bonchev–Trinajstić information content (AvgIpc) is 2.28. The number of benzene rings is 1. The van der Waals surface area contributed by atoms with E-state index in [0.717, 1.165) is 11.3 Å². The molecule has 0 radical (unpaired) electrons. The Bertz CT molecular complexity index is 358. The van der Waals surface area contributed by atoms with Crippen molar-refractivity contribution in [3.8, 4) is 0 Å². The fourth-order valence-electron chi connectivity index (χ4n) is 0.958. The summed E-state index contributed by atoms with van der Waals surface area (Å²) in [5, 5.41) is 0. The Morgan fingerprint density at radius 2 is 2.09 bits per heavy atom. The second-order valence-electron chi connectivity index (χ2n) is 2.21. The highest BCUT2D eigenvalue weighted by Gasteiger charge is 1.95. The van der Waals surface area contributed by atoms with Crippen molar-refractivity contribution in [1.82, 2.24) is 0 Å². The first-order valence-corrected chi connectivity index (χ1v) is 3.37. The summed E-state index contributed by atoms with van der Waals surface area (Å²) in [5.74, 6) is 2.75. The molecule has 0 amide bonds. The van der Waals surface area contributed by atoms with Crippen molar-refractivity contribution in [3.63, 3.8) is 0 Å². The normalized spacial score (nSPS) is 12.7. The average molecular weight is 142 g/mol. The molecule has 52 valence electrons. The van der Waals surface area contributed by atoms with Crippen LogP contribution in [-0.2, 0) is 0 Å². The third-order valence-electron chi connectivity index (χ3n) is 1.49. The van der Waals surface area contributed by atoms with Crippen LogP contribution in [0.1, 0.15) is 5.56 Å². The summed E-state index contributed by atoms with van der Waals surface area (Å²) in [6.45, 7) is 0. The van der Waals surface area contributed by atoms with Gasteiger partial charge < -0.3 is 0 Å². The van der Waals surface area contributed by atoms with Gasteiger partial charge in [-0.2, -0.15) is 4.99 Å². The van der Waals surface area contributed by atoms with E-state index in [9.17, 15) is 0 Å². The standard InChI is InChI=1S/C9H6N2/c1-2-4-9-8(3-1)5-6-10-7-11-9/h1-5,7H. The van der Waals surface area contributed by atoms with E-state index < -0.39 is 0 Å². The zero-order chi connectivity index (χ0) is 7.52. The number of aliphatic imine (C=N–C) groups is 2. The first-order valence-electron chi connectivity index (χ1n) is 3.37. The summed E-state index contributed by atoms with van der Waals surface area (Å²) in [7, 11) is 0. The SMILES string of the molecule is C1=Cc2ccccc2N=CN=1. The molecule has 0 aliphatic carbocycles. The molecular formula is C9H6N2. The van der Waals surface area contributed by atoms with Crippen LogP contribution < -0.4 is 0 Å². The smallest absolute Gasteiger partial charge is 0.126 e. The van der Waals surface area contributed by atoms with Gasteiger partial charge in [-0.25, -0.2) is 4.99 Å². The molecule has 1 aliphatic rings. The molecule has 1 heterocycles. The van der Waals surface area contributed by atoms with Gasteiger partial charge >= 0.3 is 0 Å². The summed E-state index contributed by atoms with van der Waals surface area (Å²) in [6.07, 6.45) is 3.32. The second-order valence-corrected chi connectivity index (χ2v) is 2.21. The Balaban J connectivity index is 2.67. The fourth-order valence-corrected chi connectivity index (χ4v) is 0.958. The molecule has 0 spiro atoms. The highest BCUT2D eigenvalue weighted by atomic mass is 14.9. The third-order valence-corrected chi connectivity index (χ3v) is 1.49. The molecule has 0 fully saturated rings. The lowest BCUT2D eigenvalue weighted by atomic mass is 10.2. The Kier molecular flexibility index (Phi) is 1.39. The van der Waals surface area contributed by atoms with Crippen LogP contribution in [0, 0.1) is 0 Å². The van der Waals surface area contributed by atoms with Crippen LogP contribution in [0.25, 0.3) is 6.08 Å². The van der Waals surface area contributed by atoms with Gasteiger partial charge in [0.15, 0.2) is 0 Å². The van der Waals surface area contributed by atoms with Crippen molar-refractivity contribution in [2.45, 2.75) is 0 Å². The molecule has 0 bridgehead atoms. The highest BCUT2D eigenvalue weighted by Crippen LogP contribution is 2.19. The fraction of sp³-hybridized carbons (Fsp3) is 0. The maximum atomic E-state index is 4.10. The summed E-state index contributed by atoms with van der Waals surface area (Å²) < 4.78 is 0. The molecule has 0 saturated heterocycles. The van der Waals surface area contributed by atoms with E-state index in [1.807, 2.05) is 30.3 Å². The number of hydrogen-bond acceptors (Lipinski definition) is 2. The Morgan fingerprint density at radius 1 is 1.18 bits per heavy atom. The van der Waals surface area contributed by atoms with Gasteiger partial charge in [-0.15, -0.1) is 0 Å². The molecule has 0 unspecified atom stereocenters. The van der Waals surface area contributed by atoms with Gasteiger partial charge in [-0.3, -0.25) is 0 Å². The molecule has 1 aliphatic heterocycles. The first kappa shape index (κ1) is 6.08. The van der Waals surface area contributed by atoms with E-state index in [1.54, 1.807) is 0 Å². The van der Waals surface area contributed by atoms with Gasteiger partial charge in [0, 0.05) is 11.6 Å². The molecule has 1 aromatic rings. The quantitative estimate of drug-likeness (QED) is 0.529. The van der Waals surface area contributed by atoms with E-state index >= 15 is 0 Å². The number of rotatable bonds is 0. The molecule has 0 aromatic heterocycles. The molecule has 2 rings (SSSR count). The van der Waals surface area contributed by atoms with Crippen molar-refractivity contribution in [1.29, 1.82) is 0 Å². The molecule has 0 saturated carbocycles. The number of fused-ring (bicyclic) bond motifs is 1. The topological polar surface area (TPSA) is 24.7 Å². The number of hydrogen-bond donors (Lipinski definition) is 0. The monoisotopic (exact) mass is 142 g/mol. The molecule has 1 aromatic carbocycles. The molecule has 2 nitrogen and oxygen atoms in total. The lowest BCUT2D eigenvalue weighted by Gasteiger charge is -1.94. The molecular weight excluding hydrogens is 136 g/mol. The lowest BCUT2D eigenvalue weighted by Crippen LogP contribution is -1.71. The highest BCUT2D eigenvalue weighted by molar-refractivity contribution is 5.89. The van der Waals surface area contributed by atoms with Crippen LogP contribution >= 0.6 is 0 Å². The van der Waals surface area contributed by atoms with Gasteiger partial charge in [-0.05, 0) is 11.9 Å². The second kappa shape index (κ2) is 2.52. The van der Waals surface area contributed by atoms with Crippen molar-refractivity contribution in [2.24, 2.45) is 9.98 Å². The molecule has 0 atom stereocenters. The van der Waals surface area contributed by atoms with Crippen LogP contribution in [-0.4, -0.2) is 12.2 Å². The summed E-state index contributed by atoms with van der Waals surface area (Å²) >= 11 is 0. The minimum Gasteiger partial charge on any atom is -0.236 e. The maximum Gasteiger partial charge on any atom is 0.126 e. The largest absolute Gasteiger partial charge is 0.236 e. The van der Waals surface area contributed by atoms with Crippen LogP contribution in [0.4, 0.5) is 5.69 Å². The molecule has 2 heteroatoms. The van der Waals surface area contributed by atoms with Gasteiger partial charge in [-0.1, -0.05) is 18.2 Å². The van der Waals surface area contributed by atoms with Gasteiger partial charge in [0.05, 0.1) is 5.69 Å². The summed E-state index contributed by atoms with van der Waals surface area (Å²) in [4.78, 5) is 7.89. The van der Waals surface area contributed by atoms with E-state index in [4.69, 9.17) is 0 Å². The van der Waals surface area contributed by atoms with Gasteiger partial charge in [0.2, 0.25) is 0 Å². The van der Waals surface area contributed by atoms with Crippen LogP contribution in [0.3, 0.4) is 0 Å². The van der Waals surface area contributed by atoms with Crippen molar-refractivity contribution >= 4 is 24.0 Å². The number of para-hydroxylation sites is 1. The zero-order valence-electron chi connectivity index (χ0n) is 5.86. The van der Waals surface area contributed by atoms with Crippen LogP contribution in [0.15, 0.2) is 34.3 Å². The van der Waals surface area contributed by atoms with E-state index in [0.29, 0.717) is 0 Å². The molecule has 11 heavy (non-hydrogen) atoms. The Morgan fingerprint density at radius 3 is 3.09 bits per heavy atom. The van der Waals surface area contributed by atoms with E-state index in [2.05, 4.69) is 15.9 Å². The van der Waals surface area contributed by atoms with Gasteiger partial charge in [0.25, 0.3) is 0 Å². The first-order chi connectivity index (χ1) is 5.47. The summed E-state index contributed by atoms with van der Waals surface area (Å²) in [5.41, 5.74) is 2.01. The lowest BCUT2D eigenvalue weighted by molar-refractivity contribution is 1.51. The summed E-state index contributed by atoms with van der Waals surface area (Å²) in [6, 6.07) is 7.86. The predicted molar refractivity (Wildman–Crippen MR) is 46.5 cm³/mol. The number of nitrogens with zero attached hydrogens (tertiary/aromatic N) is 2. The van der Waals surface area contributed by atoms with Crippen molar-refractivity contribution in [2.75, 3.05) is 0 Å². The van der Waals surface area contributed by atoms with Crippen molar-refractivity contribution in [3.05, 3.63) is 29.8 Å².